The summed E-state index contributed by atoms with van der Waals surface area (Å²) in [4.78, 5) is 24.3. The topological polar surface area (TPSA) is 76.1 Å². The molecular weight excluding hydrogens is 331 g/mol. The molecule has 1 aromatic rings. The number of aliphatic carboxylic acids is 1. The number of carboxylic acids is 1. The summed E-state index contributed by atoms with van der Waals surface area (Å²) in [7, 11) is 0. The highest BCUT2D eigenvalue weighted by Gasteiger charge is 2.31. The summed E-state index contributed by atoms with van der Waals surface area (Å²) in [5.41, 5.74) is 0. The SMILES string of the molecule is O=C(O)C1CCN(C(=O)COc2ccc(OC(F)(F)F)cc2)CC1. The van der Waals surface area contributed by atoms with Crippen molar-refractivity contribution in [3.63, 3.8) is 0 Å². The smallest absolute Gasteiger partial charge is 0.484 e. The van der Waals surface area contributed by atoms with Crippen molar-refractivity contribution >= 4 is 11.9 Å². The lowest BCUT2D eigenvalue weighted by molar-refractivity contribution is -0.274. The van der Waals surface area contributed by atoms with Crippen molar-refractivity contribution in [3.05, 3.63) is 24.3 Å². The molecule has 0 unspecified atom stereocenters. The Kier molecular flexibility index (Phi) is 5.53. The molecule has 0 spiro atoms. The molecule has 1 heterocycles. The van der Waals surface area contributed by atoms with Crippen molar-refractivity contribution in [1.29, 1.82) is 0 Å². The monoisotopic (exact) mass is 347 g/mol. The quantitative estimate of drug-likeness (QED) is 0.884. The fourth-order valence-corrected chi connectivity index (χ4v) is 2.35. The molecule has 1 aliphatic rings. The zero-order chi connectivity index (χ0) is 17.7. The highest BCUT2D eigenvalue weighted by Crippen LogP contribution is 2.25. The maximum Gasteiger partial charge on any atom is 0.573 e. The van der Waals surface area contributed by atoms with Crippen molar-refractivity contribution < 1.29 is 37.3 Å². The molecule has 1 N–H and O–H groups in total. The van der Waals surface area contributed by atoms with Gasteiger partial charge in [-0.1, -0.05) is 0 Å². The Labute approximate surface area is 135 Å². The number of ether oxygens (including phenoxy) is 2. The van der Waals surface area contributed by atoms with E-state index in [1.54, 1.807) is 0 Å². The summed E-state index contributed by atoms with van der Waals surface area (Å²) in [5.74, 6) is -1.74. The number of likely N-dealkylation sites (tertiary alicyclic amines) is 1. The molecule has 132 valence electrons. The van der Waals surface area contributed by atoms with Crippen molar-refractivity contribution in [2.45, 2.75) is 19.2 Å². The Morgan fingerprint density at radius 2 is 1.67 bits per heavy atom. The van der Waals surface area contributed by atoms with E-state index in [1.165, 1.54) is 17.0 Å². The van der Waals surface area contributed by atoms with E-state index in [2.05, 4.69) is 4.74 Å². The maximum absolute atomic E-state index is 12.0. The van der Waals surface area contributed by atoms with E-state index in [-0.39, 0.29) is 24.0 Å². The van der Waals surface area contributed by atoms with E-state index in [0.717, 1.165) is 12.1 Å². The molecule has 0 aromatic heterocycles. The number of rotatable bonds is 5. The minimum absolute atomic E-state index is 0.235. The second-order valence-electron chi connectivity index (χ2n) is 5.30. The summed E-state index contributed by atoms with van der Waals surface area (Å²) in [6.45, 7) is 0.423. The van der Waals surface area contributed by atoms with Gasteiger partial charge in [0.25, 0.3) is 5.91 Å². The highest BCUT2D eigenvalue weighted by molar-refractivity contribution is 5.78. The van der Waals surface area contributed by atoms with Gasteiger partial charge in [-0.05, 0) is 37.1 Å². The number of alkyl halides is 3. The number of hydrogen-bond donors (Lipinski definition) is 1. The van der Waals surface area contributed by atoms with E-state index in [1.807, 2.05) is 0 Å². The molecule has 6 nitrogen and oxygen atoms in total. The predicted molar refractivity (Wildman–Crippen MR) is 75.6 cm³/mol. The molecule has 0 aliphatic carbocycles. The van der Waals surface area contributed by atoms with Gasteiger partial charge in [0.05, 0.1) is 5.92 Å². The lowest BCUT2D eigenvalue weighted by Crippen LogP contribution is -2.42. The van der Waals surface area contributed by atoms with Crippen LogP contribution in [0.25, 0.3) is 0 Å². The number of halogens is 3. The lowest BCUT2D eigenvalue weighted by Gasteiger charge is -2.30. The molecule has 1 aromatic carbocycles. The molecule has 0 radical (unpaired) electrons. The predicted octanol–water partition coefficient (Wildman–Crippen LogP) is 2.29. The van der Waals surface area contributed by atoms with Crippen LogP contribution in [0.3, 0.4) is 0 Å². The standard InChI is InChI=1S/C15H16F3NO5/c16-15(17,18)24-12-3-1-11(2-4-12)23-9-13(20)19-7-5-10(6-8-19)14(21)22/h1-4,10H,5-9H2,(H,21,22). The first-order chi connectivity index (χ1) is 11.2. The molecule has 2 rings (SSSR count). The first kappa shape index (κ1) is 17.9. The summed E-state index contributed by atoms with van der Waals surface area (Å²) in [5, 5.41) is 8.90. The first-order valence-electron chi connectivity index (χ1n) is 7.24. The van der Waals surface area contributed by atoms with Crippen molar-refractivity contribution in [2.75, 3.05) is 19.7 Å². The Hall–Kier alpha value is -2.45. The third kappa shape index (κ3) is 5.32. The van der Waals surface area contributed by atoms with Crippen LogP contribution in [-0.4, -0.2) is 47.9 Å². The highest BCUT2D eigenvalue weighted by atomic mass is 19.4. The Morgan fingerprint density at radius 3 is 2.17 bits per heavy atom. The summed E-state index contributed by atoms with van der Waals surface area (Å²) in [6.07, 6.45) is -3.98. The second kappa shape index (κ2) is 7.41. The zero-order valence-electron chi connectivity index (χ0n) is 12.6. The minimum atomic E-state index is -4.76. The number of piperidine rings is 1. The van der Waals surface area contributed by atoms with Crippen LogP contribution in [0.5, 0.6) is 11.5 Å². The van der Waals surface area contributed by atoms with Crippen LogP contribution >= 0.6 is 0 Å². The number of carbonyl (C=O) groups is 2. The van der Waals surface area contributed by atoms with Crippen molar-refractivity contribution in [2.24, 2.45) is 5.92 Å². The van der Waals surface area contributed by atoms with Crippen LogP contribution in [0.1, 0.15) is 12.8 Å². The van der Waals surface area contributed by atoms with Crippen LogP contribution in [0, 0.1) is 5.92 Å². The van der Waals surface area contributed by atoms with Gasteiger partial charge in [0, 0.05) is 13.1 Å². The first-order valence-corrected chi connectivity index (χ1v) is 7.24. The number of carboxylic acid groups (broad SMARTS) is 1. The van der Waals surface area contributed by atoms with Gasteiger partial charge in [0.15, 0.2) is 6.61 Å². The number of nitrogens with zero attached hydrogens (tertiary/aromatic N) is 1. The molecule has 0 atom stereocenters. The van der Waals surface area contributed by atoms with Gasteiger partial charge in [-0.2, -0.15) is 0 Å². The van der Waals surface area contributed by atoms with Crippen LogP contribution in [0.2, 0.25) is 0 Å². The Morgan fingerprint density at radius 1 is 1.12 bits per heavy atom. The molecule has 0 bridgehead atoms. The van der Waals surface area contributed by atoms with Gasteiger partial charge in [-0.25, -0.2) is 0 Å². The van der Waals surface area contributed by atoms with Gasteiger partial charge >= 0.3 is 12.3 Å². The van der Waals surface area contributed by atoms with E-state index in [9.17, 15) is 22.8 Å². The van der Waals surface area contributed by atoms with Gasteiger partial charge in [-0.3, -0.25) is 9.59 Å². The summed E-state index contributed by atoms with van der Waals surface area (Å²) < 4.78 is 45.1. The maximum atomic E-state index is 12.0. The molecule has 9 heteroatoms. The summed E-state index contributed by atoms with van der Waals surface area (Å²) in [6, 6.07) is 4.72. The fourth-order valence-electron chi connectivity index (χ4n) is 2.35. The van der Waals surface area contributed by atoms with Gasteiger partial charge in [0.1, 0.15) is 11.5 Å². The summed E-state index contributed by atoms with van der Waals surface area (Å²) >= 11 is 0. The number of carbonyl (C=O) groups excluding carboxylic acids is 1. The number of hydrogen-bond acceptors (Lipinski definition) is 4. The molecule has 1 fully saturated rings. The zero-order valence-corrected chi connectivity index (χ0v) is 12.6. The van der Waals surface area contributed by atoms with Crippen LogP contribution < -0.4 is 9.47 Å². The third-order valence-electron chi connectivity index (χ3n) is 3.62. The van der Waals surface area contributed by atoms with E-state index in [0.29, 0.717) is 25.9 Å². The largest absolute Gasteiger partial charge is 0.573 e. The van der Waals surface area contributed by atoms with E-state index >= 15 is 0 Å². The van der Waals surface area contributed by atoms with E-state index in [4.69, 9.17) is 9.84 Å². The third-order valence-corrected chi connectivity index (χ3v) is 3.62. The molecule has 1 amide bonds. The Bertz CT molecular complexity index is 580. The molecule has 0 saturated carbocycles. The average Bonchev–Trinajstić information content (AvgIpc) is 2.52. The molecule has 24 heavy (non-hydrogen) atoms. The number of amides is 1. The van der Waals surface area contributed by atoms with Crippen molar-refractivity contribution in [1.82, 2.24) is 4.90 Å². The lowest BCUT2D eigenvalue weighted by atomic mass is 9.97. The van der Waals surface area contributed by atoms with Gasteiger partial charge in [0.2, 0.25) is 0 Å². The normalized spacial score (nSPS) is 15.9. The van der Waals surface area contributed by atoms with Crippen LogP contribution in [0.4, 0.5) is 13.2 Å². The molecule has 1 saturated heterocycles. The van der Waals surface area contributed by atoms with Gasteiger partial charge < -0.3 is 19.5 Å². The second-order valence-corrected chi connectivity index (χ2v) is 5.30. The van der Waals surface area contributed by atoms with Crippen LogP contribution in [-0.2, 0) is 9.59 Å². The van der Waals surface area contributed by atoms with E-state index < -0.39 is 18.2 Å². The fraction of sp³-hybridized carbons (Fsp3) is 0.467. The van der Waals surface area contributed by atoms with Gasteiger partial charge in [-0.15, -0.1) is 13.2 Å². The average molecular weight is 347 g/mol. The van der Waals surface area contributed by atoms with Crippen molar-refractivity contribution in [3.8, 4) is 11.5 Å². The molecular formula is C15H16F3NO5. The Balaban J connectivity index is 1.79. The van der Waals surface area contributed by atoms with Crippen LogP contribution in [0.15, 0.2) is 24.3 Å². The number of benzene rings is 1. The minimum Gasteiger partial charge on any atom is -0.484 e. The molecule has 1 aliphatic heterocycles.